The maximum atomic E-state index is 12.1. The van der Waals surface area contributed by atoms with Crippen molar-refractivity contribution in [1.82, 2.24) is 4.90 Å². The predicted molar refractivity (Wildman–Crippen MR) is 94.6 cm³/mol. The molecule has 2 rings (SSSR count). The van der Waals surface area contributed by atoms with Crippen LogP contribution in [-0.2, 0) is 11.3 Å². The van der Waals surface area contributed by atoms with Gasteiger partial charge >= 0.3 is 0 Å². The van der Waals surface area contributed by atoms with Gasteiger partial charge in [-0.25, -0.2) is 0 Å². The number of amides is 1. The number of halogens is 1. The molecule has 2 aromatic rings. The maximum Gasteiger partial charge on any atom is 0.238 e. The normalized spacial score (nSPS) is 10.7. The van der Waals surface area contributed by atoms with Crippen LogP contribution in [0.25, 0.3) is 0 Å². The summed E-state index contributed by atoms with van der Waals surface area (Å²) < 4.78 is 0. The van der Waals surface area contributed by atoms with Crippen LogP contribution in [-0.4, -0.2) is 30.7 Å². The summed E-state index contributed by atoms with van der Waals surface area (Å²) >= 11 is 7.62. The first-order valence-corrected chi connectivity index (χ1v) is 8.54. The zero-order valence-corrected chi connectivity index (χ0v) is 14.2. The standard InChI is InChI=1S/C17H19ClN2OS/c1-20(11-13-5-3-6-14(18)9-13)12-17(21)19-15-7-4-8-16(10-15)22-2/h3-10H,11-12H2,1-2H3,(H,19,21). The zero-order chi connectivity index (χ0) is 15.9. The number of nitrogens with one attached hydrogen (secondary N) is 1. The van der Waals surface area contributed by atoms with Crippen molar-refractivity contribution in [2.24, 2.45) is 0 Å². The molecule has 0 saturated carbocycles. The number of likely N-dealkylation sites (N-methyl/N-ethyl adjacent to an activating group) is 1. The molecule has 0 atom stereocenters. The molecule has 0 aliphatic rings. The number of thioether (sulfide) groups is 1. The highest BCUT2D eigenvalue weighted by molar-refractivity contribution is 7.98. The fraction of sp³-hybridized carbons (Fsp3) is 0.235. The van der Waals surface area contributed by atoms with E-state index in [9.17, 15) is 4.79 Å². The molecule has 0 heterocycles. The van der Waals surface area contributed by atoms with Gasteiger partial charge < -0.3 is 5.32 Å². The van der Waals surface area contributed by atoms with E-state index >= 15 is 0 Å². The summed E-state index contributed by atoms with van der Waals surface area (Å²) in [5.74, 6) is -0.0252. The highest BCUT2D eigenvalue weighted by atomic mass is 35.5. The predicted octanol–water partition coefficient (Wildman–Crippen LogP) is 4.13. The molecule has 0 unspecified atom stereocenters. The summed E-state index contributed by atoms with van der Waals surface area (Å²) in [7, 11) is 1.92. The second-order valence-electron chi connectivity index (χ2n) is 5.08. The Kier molecular flexibility index (Phi) is 6.31. The molecule has 0 spiro atoms. The first-order chi connectivity index (χ1) is 10.6. The minimum atomic E-state index is -0.0252. The summed E-state index contributed by atoms with van der Waals surface area (Å²) in [4.78, 5) is 15.2. The third kappa shape index (κ3) is 5.37. The summed E-state index contributed by atoms with van der Waals surface area (Å²) in [5, 5.41) is 3.64. The number of nitrogens with zero attached hydrogens (tertiary/aromatic N) is 1. The summed E-state index contributed by atoms with van der Waals surface area (Å²) in [6.45, 7) is 1.01. The quantitative estimate of drug-likeness (QED) is 0.806. The van der Waals surface area contributed by atoms with Crippen molar-refractivity contribution < 1.29 is 4.79 Å². The summed E-state index contributed by atoms with van der Waals surface area (Å²) in [6, 6.07) is 15.5. The van der Waals surface area contributed by atoms with Crippen LogP contribution < -0.4 is 5.32 Å². The third-order valence-electron chi connectivity index (χ3n) is 3.11. The minimum Gasteiger partial charge on any atom is -0.325 e. The largest absolute Gasteiger partial charge is 0.325 e. The average Bonchev–Trinajstić information content (AvgIpc) is 2.47. The van der Waals surface area contributed by atoms with E-state index in [-0.39, 0.29) is 5.91 Å². The van der Waals surface area contributed by atoms with Crippen LogP contribution in [0, 0.1) is 0 Å². The van der Waals surface area contributed by atoms with Gasteiger partial charge in [0.15, 0.2) is 0 Å². The number of hydrogen-bond donors (Lipinski definition) is 1. The Bertz CT molecular complexity index is 648. The lowest BCUT2D eigenvalue weighted by Crippen LogP contribution is -2.29. The lowest BCUT2D eigenvalue weighted by atomic mass is 10.2. The van der Waals surface area contributed by atoms with Crippen LogP contribution in [0.3, 0.4) is 0 Å². The van der Waals surface area contributed by atoms with Gasteiger partial charge in [0, 0.05) is 22.2 Å². The third-order valence-corrected chi connectivity index (χ3v) is 4.07. The molecule has 0 radical (unpaired) electrons. The Morgan fingerprint density at radius 1 is 1.23 bits per heavy atom. The molecule has 5 heteroatoms. The van der Waals surface area contributed by atoms with Gasteiger partial charge in [-0.1, -0.05) is 29.8 Å². The number of anilines is 1. The monoisotopic (exact) mass is 334 g/mol. The van der Waals surface area contributed by atoms with E-state index in [0.29, 0.717) is 18.1 Å². The smallest absolute Gasteiger partial charge is 0.238 e. The van der Waals surface area contributed by atoms with Crippen molar-refractivity contribution in [3.05, 3.63) is 59.1 Å². The van der Waals surface area contributed by atoms with Crippen molar-refractivity contribution >= 4 is 35.0 Å². The number of carbonyl (C=O) groups is 1. The van der Waals surface area contributed by atoms with E-state index in [2.05, 4.69) is 5.32 Å². The number of benzene rings is 2. The van der Waals surface area contributed by atoms with E-state index in [1.165, 1.54) is 0 Å². The zero-order valence-electron chi connectivity index (χ0n) is 12.7. The number of hydrogen-bond acceptors (Lipinski definition) is 3. The summed E-state index contributed by atoms with van der Waals surface area (Å²) in [6.07, 6.45) is 2.01. The summed E-state index contributed by atoms with van der Waals surface area (Å²) in [5.41, 5.74) is 1.92. The molecule has 3 nitrogen and oxygen atoms in total. The van der Waals surface area contributed by atoms with Gasteiger partial charge in [0.05, 0.1) is 6.54 Å². The van der Waals surface area contributed by atoms with Gasteiger partial charge in [-0.2, -0.15) is 0 Å². The second kappa shape index (κ2) is 8.22. The minimum absolute atomic E-state index is 0.0252. The molecule has 0 fully saturated rings. The van der Waals surface area contributed by atoms with Gasteiger partial charge in [-0.05, 0) is 49.2 Å². The van der Waals surface area contributed by atoms with Crippen molar-refractivity contribution in [2.75, 3.05) is 25.2 Å². The van der Waals surface area contributed by atoms with Crippen LogP contribution in [0.15, 0.2) is 53.4 Å². The molecule has 22 heavy (non-hydrogen) atoms. The van der Waals surface area contributed by atoms with E-state index in [4.69, 9.17) is 11.6 Å². The SMILES string of the molecule is CSc1cccc(NC(=O)CN(C)Cc2cccc(Cl)c2)c1. The van der Waals surface area contributed by atoms with Crippen LogP contribution in [0.2, 0.25) is 5.02 Å². The molecular weight excluding hydrogens is 316 g/mol. The van der Waals surface area contributed by atoms with Crippen molar-refractivity contribution in [1.29, 1.82) is 0 Å². The van der Waals surface area contributed by atoms with Crippen molar-refractivity contribution in [3.63, 3.8) is 0 Å². The Morgan fingerprint density at radius 2 is 2.00 bits per heavy atom. The topological polar surface area (TPSA) is 32.3 Å². The van der Waals surface area contributed by atoms with Crippen LogP contribution >= 0.6 is 23.4 Å². The highest BCUT2D eigenvalue weighted by Gasteiger charge is 2.08. The molecule has 0 aromatic heterocycles. The van der Waals surface area contributed by atoms with Crippen LogP contribution in [0.1, 0.15) is 5.56 Å². The Hall–Kier alpha value is -1.49. The Morgan fingerprint density at radius 3 is 2.73 bits per heavy atom. The molecule has 0 saturated heterocycles. The first kappa shape index (κ1) is 16.9. The molecule has 116 valence electrons. The van der Waals surface area contributed by atoms with Gasteiger partial charge in [-0.15, -0.1) is 11.8 Å². The average molecular weight is 335 g/mol. The fourth-order valence-corrected chi connectivity index (χ4v) is 2.82. The van der Waals surface area contributed by atoms with Crippen molar-refractivity contribution in [2.45, 2.75) is 11.4 Å². The molecule has 1 amide bonds. The lowest BCUT2D eigenvalue weighted by molar-refractivity contribution is -0.117. The molecule has 1 N–H and O–H groups in total. The van der Waals surface area contributed by atoms with Crippen molar-refractivity contribution in [3.8, 4) is 0 Å². The van der Waals surface area contributed by atoms with Gasteiger partial charge in [-0.3, -0.25) is 9.69 Å². The Balaban J connectivity index is 1.88. The van der Waals surface area contributed by atoms with E-state index < -0.39 is 0 Å². The van der Waals surface area contributed by atoms with E-state index in [1.807, 2.05) is 66.7 Å². The molecule has 2 aromatic carbocycles. The Labute approximate surface area is 140 Å². The van der Waals surface area contributed by atoms with Gasteiger partial charge in [0.25, 0.3) is 0 Å². The maximum absolute atomic E-state index is 12.1. The fourth-order valence-electron chi connectivity index (χ4n) is 2.15. The van der Waals surface area contributed by atoms with Gasteiger partial charge in [0.2, 0.25) is 5.91 Å². The van der Waals surface area contributed by atoms with Crippen LogP contribution in [0.5, 0.6) is 0 Å². The lowest BCUT2D eigenvalue weighted by Gasteiger charge is -2.16. The number of rotatable bonds is 6. The molecule has 0 aliphatic carbocycles. The molecule has 0 aliphatic heterocycles. The second-order valence-corrected chi connectivity index (χ2v) is 6.40. The number of carbonyl (C=O) groups excluding carboxylic acids is 1. The van der Waals surface area contributed by atoms with E-state index in [1.54, 1.807) is 11.8 Å². The molecule has 0 bridgehead atoms. The van der Waals surface area contributed by atoms with Crippen LogP contribution in [0.4, 0.5) is 5.69 Å². The molecular formula is C17H19ClN2OS. The van der Waals surface area contributed by atoms with E-state index in [0.717, 1.165) is 16.1 Å². The highest BCUT2D eigenvalue weighted by Crippen LogP contribution is 2.19. The first-order valence-electron chi connectivity index (χ1n) is 6.93. The van der Waals surface area contributed by atoms with Gasteiger partial charge in [0.1, 0.15) is 0 Å².